The van der Waals surface area contributed by atoms with Crippen LogP contribution in [0.25, 0.3) is 0 Å². The number of thiophene rings is 1. The van der Waals surface area contributed by atoms with Crippen LogP contribution in [0.5, 0.6) is 0 Å². The Labute approximate surface area is 132 Å². The molecule has 0 aliphatic rings. The molecule has 0 fully saturated rings. The lowest BCUT2D eigenvalue weighted by molar-refractivity contribution is -0.121. The Kier molecular flexibility index (Phi) is 5.43. The highest BCUT2D eigenvalue weighted by atomic mass is 32.1. The van der Waals surface area contributed by atoms with Crippen molar-refractivity contribution >= 4 is 28.9 Å². The lowest BCUT2D eigenvalue weighted by Crippen LogP contribution is -2.41. The topological polar surface area (TPSA) is 75.3 Å². The van der Waals surface area contributed by atoms with Gasteiger partial charge < -0.3 is 0 Å². The highest BCUT2D eigenvalue weighted by molar-refractivity contribution is 7.12. The molecule has 0 spiro atoms. The van der Waals surface area contributed by atoms with Crippen LogP contribution < -0.4 is 10.9 Å². The zero-order chi connectivity index (χ0) is 15.9. The summed E-state index contributed by atoms with van der Waals surface area (Å²) < 4.78 is 0. The van der Waals surface area contributed by atoms with Gasteiger partial charge in [-0.25, -0.2) is 0 Å². The zero-order valence-electron chi connectivity index (χ0n) is 12.1. The summed E-state index contributed by atoms with van der Waals surface area (Å²) in [5.74, 6) is -0.849. The molecule has 0 saturated carbocycles. The predicted octanol–water partition coefficient (Wildman–Crippen LogP) is 2.48. The van der Waals surface area contributed by atoms with Crippen molar-refractivity contribution < 1.29 is 14.4 Å². The largest absolute Gasteiger partial charge is 0.293 e. The molecule has 0 unspecified atom stereocenters. The number of ketones is 1. The monoisotopic (exact) mass is 316 g/mol. The summed E-state index contributed by atoms with van der Waals surface area (Å²) in [5.41, 5.74) is 5.99. The van der Waals surface area contributed by atoms with E-state index in [-0.39, 0.29) is 24.5 Å². The summed E-state index contributed by atoms with van der Waals surface area (Å²) in [6.45, 7) is 1.82. The molecule has 2 aromatic rings. The quantitative estimate of drug-likeness (QED) is 0.657. The molecule has 22 heavy (non-hydrogen) atoms. The molecular formula is C16H16N2O3S. The molecule has 2 N–H and O–H groups in total. The SMILES string of the molecule is Cc1ccccc1C(=O)NNC(=O)CCC(=O)c1cccs1. The number of nitrogens with one attached hydrogen (secondary N) is 2. The summed E-state index contributed by atoms with van der Waals surface area (Å²) in [7, 11) is 0. The van der Waals surface area contributed by atoms with Crippen LogP contribution in [0.4, 0.5) is 0 Å². The van der Waals surface area contributed by atoms with Crippen LogP contribution in [0.2, 0.25) is 0 Å². The van der Waals surface area contributed by atoms with Crippen LogP contribution >= 0.6 is 11.3 Å². The Morgan fingerprint density at radius 2 is 1.77 bits per heavy atom. The number of hydrogen-bond donors (Lipinski definition) is 2. The van der Waals surface area contributed by atoms with Gasteiger partial charge in [0.1, 0.15) is 0 Å². The first-order chi connectivity index (χ1) is 10.6. The summed E-state index contributed by atoms with van der Waals surface area (Å²) in [4.78, 5) is 36.0. The number of hydrogen-bond acceptors (Lipinski definition) is 4. The minimum absolute atomic E-state index is 0.0325. The lowest BCUT2D eigenvalue weighted by atomic mass is 10.1. The van der Waals surface area contributed by atoms with Gasteiger partial charge in [-0.15, -0.1) is 11.3 Å². The van der Waals surface area contributed by atoms with E-state index in [1.165, 1.54) is 11.3 Å². The average Bonchev–Trinajstić information content (AvgIpc) is 3.05. The number of amides is 2. The van der Waals surface area contributed by atoms with Crippen molar-refractivity contribution in [3.63, 3.8) is 0 Å². The van der Waals surface area contributed by atoms with Gasteiger partial charge in [-0.2, -0.15) is 0 Å². The van der Waals surface area contributed by atoms with E-state index in [2.05, 4.69) is 10.9 Å². The Bertz CT molecular complexity index is 680. The number of carbonyl (C=O) groups is 3. The smallest absolute Gasteiger partial charge is 0.269 e. The number of carbonyl (C=O) groups excluding carboxylic acids is 3. The van der Waals surface area contributed by atoms with E-state index in [1.54, 1.807) is 24.3 Å². The molecule has 0 atom stereocenters. The van der Waals surface area contributed by atoms with Crippen molar-refractivity contribution in [2.75, 3.05) is 0 Å². The van der Waals surface area contributed by atoms with Crippen LogP contribution in [-0.2, 0) is 4.79 Å². The average molecular weight is 316 g/mol. The van der Waals surface area contributed by atoms with Gasteiger partial charge in [-0.05, 0) is 30.0 Å². The normalized spacial score (nSPS) is 10.0. The van der Waals surface area contributed by atoms with E-state index in [0.29, 0.717) is 10.4 Å². The first kappa shape index (κ1) is 15.9. The highest BCUT2D eigenvalue weighted by Gasteiger charge is 2.12. The van der Waals surface area contributed by atoms with Gasteiger partial charge in [0.2, 0.25) is 5.91 Å². The maximum atomic E-state index is 11.9. The van der Waals surface area contributed by atoms with Crippen LogP contribution in [0.15, 0.2) is 41.8 Å². The molecule has 114 valence electrons. The minimum Gasteiger partial charge on any atom is -0.293 e. The standard InChI is InChI=1S/C16H16N2O3S/c1-11-5-2-3-6-12(11)16(21)18-17-15(20)9-8-13(19)14-7-4-10-22-14/h2-7,10H,8-9H2,1H3,(H,17,20)(H,18,21). The Hall–Kier alpha value is -2.47. The number of rotatable bonds is 5. The van der Waals surface area contributed by atoms with Gasteiger partial charge in [0, 0.05) is 18.4 Å². The van der Waals surface area contributed by atoms with Gasteiger partial charge in [0.05, 0.1) is 4.88 Å². The van der Waals surface area contributed by atoms with E-state index in [9.17, 15) is 14.4 Å². The van der Waals surface area contributed by atoms with Gasteiger partial charge in [-0.1, -0.05) is 24.3 Å². The summed E-state index contributed by atoms with van der Waals surface area (Å²) >= 11 is 1.35. The second kappa shape index (κ2) is 7.51. The van der Waals surface area contributed by atoms with Crippen LogP contribution in [-0.4, -0.2) is 17.6 Å². The molecule has 0 aliphatic carbocycles. The molecule has 6 heteroatoms. The summed E-state index contributed by atoms with van der Waals surface area (Å²) in [5, 5.41) is 1.82. The maximum Gasteiger partial charge on any atom is 0.269 e. The van der Waals surface area contributed by atoms with Crippen LogP contribution in [0, 0.1) is 6.92 Å². The molecule has 1 aromatic carbocycles. The molecule has 0 radical (unpaired) electrons. The van der Waals surface area contributed by atoms with Gasteiger partial charge in [0.25, 0.3) is 5.91 Å². The third-order valence-electron chi connectivity index (χ3n) is 3.08. The first-order valence-electron chi connectivity index (χ1n) is 6.79. The predicted molar refractivity (Wildman–Crippen MR) is 84.7 cm³/mol. The van der Waals surface area contributed by atoms with E-state index >= 15 is 0 Å². The number of aryl methyl sites for hydroxylation is 1. The van der Waals surface area contributed by atoms with Crippen molar-refractivity contribution in [3.05, 3.63) is 57.8 Å². The van der Waals surface area contributed by atoms with Crippen molar-refractivity contribution in [2.24, 2.45) is 0 Å². The molecule has 2 amide bonds. The Morgan fingerprint density at radius 3 is 2.45 bits per heavy atom. The van der Waals surface area contributed by atoms with Gasteiger partial charge in [-0.3, -0.25) is 25.2 Å². The number of hydrazine groups is 1. The molecular weight excluding hydrogens is 300 g/mol. The van der Waals surface area contributed by atoms with E-state index in [0.717, 1.165) is 5.56 Å². The fourth-order valence-corrected chi connectivity index (χ4v) is 2.57. The molecule has 0 bridgehead atoms. The molecule has 2 rings (SSSR count). The first-order valence-corrected chi connectivity index (χ1v) is 7.67. The fourth-order valence-electron chi connectivity index (χ4n) is 1.87. The van der Waals surface area contributed by atoms with Crippen LogP contribution in [0.1, 0.15) is 38.4 Å². The van der Waals surface area contributed by atoms with E-state index < -0.39 is 5.91 Å². The van der Waals surface area contributed by atoms with Crippen molar-refractivity contribution in [2.45, 2.75) is 19.8 Å². The third kappa shape index (κ3) is 4.26. The summed E-state index contributed by atoms with van der Waals surface area (Å²) in [6.07, 6.45) is 0.150. The van der Waals surface area contributed by atoms with E-state index in [1.807, 2.05) is 24.4 Å². The minimum atomic E-state index is -0.396. The zero-order valence-corrected chi connectivity index (χ0v) is 12.9. The van der Waals surface area contributed by atoms with E-state index in [4.69, 9.17) is 0 Å². The molecule has 1 aromatic heterocycles. The fraction of sp³-hybridized carbons (Fsp3) is 0.188. The maximum absolute atomic E-state index is 11.9. The van der Waals surface area contributed by atoms with Crippen LogP contribution in [0.3, 0.4) is 0 Å². The molecule has 0 aliphatic heterocycles. The third-order valence-corrected chi connectivity index (χ3v) is 3.99. The lowest BCUT2D eigenvalue weighted by Gasteiger charge is -2.08. The van der Waals surface area contributed by atoms with Gasteiger partial charge in [0.15, 0.2) is 5.78 Å². The van der Waals surface area contributed by atoms with Gasteiger partial charge >= 0.3 is 0 Å². The Morgan fingerprint density at radius 1 is 1.00 bits per heavy atom. The molecule has 1 heterocycles. The van der Waals surface area contributed by atoms with Crippen molar-refractivity contribution in [1.29, 1.82) is 0 Å². The number of Topliss-reactive ketones (excluding diaryl/α,β-unsaturated/α-hetero) is 1. The summed E-state index contributed by atoms with van der Waals surface area (Å²) in [6, 6.07) is 10.6. The highest BCUT2D eigenvalue weighted by Crippen LogP contribution is 2.12. The Balaban J connectivity index is 1.77. The second-order valence-electron chi connectivity index (χ2n) is 4.72. The van der Waals surface area contributed by atoms with Crippen molar-refractivity contribution in [1.82, 2.24) is 10.9 Å². The molecule has 0 saturated heterocycles. The molecule has 5 nitrogen and oxygen atoms in total. The number of benzene rings is 1. The van der Waals surface area contributed by atoms with Crippen molar-refractivity contribution in [3.8, 4) is 0 Å². The second-order valence-corrected chi connectivity index (χ2v) is 5.67.